The zero-order chi connectivity index (χ0) is 21.0. The zero-order valence-corrected chi connectivity index (χ0v) is 17.4. The molecule has 0 saturated carbocycles. The Morgan fingerprint density at radius 1 is 1.21 bits per heavy atom. The zero-order valence-electron chi connectivity index (χ0n) is 17.4. The highest BCUT2D eigenvalue weighted by Gasteiger charge is 2.13. The van der Waals surface area contributed by atoms with Crippen molar-refractivity contribution in [1.29, 1.82) is 0 Å². The summed E-state index contributed by atoms with van der Waals surface area (Å²) in [4.78, 5) is 14.7. The first-order valence-electron chi connectivity index (χ1n) is 9.64. The van der Waals surface area contributed by atoms with E-state index in [9.17, 15) is 9.90 Å². The van der Waals surface area contributed by atoms with Crippen molar-refractivity contribution in [2.24, 2.45) is 7.05 Å². The van der Waals surface area contributed by atoms with E-state index in [4.69, 9.17) is 0 Å². The molecule has 0 spiro atoms. The van der Waals surface area contributed by atoms with Gasteiger partial charge in [-0.2, -0.15) is 5.10 Å². The lowest BCUT2D eigenvalue weighted by molar-refractivity contribution is 0.0940. The topological polar surface area (TPSA) is 70.4 Å². The number of amides is 1. The minimum atomic E-state index is -0.128. The maximum Gasteiger partial charge on any atom is 0.251 e. The molecule has 0 radical (unpaired) electrons. The monoisotopic (exact) mass is 392 g/mol. The van der Waals surface area contributed by atoms with Crippen LogP contribution in [0.5, 0.6) is 0 Å². The van der Waals surface area contributed by atoms with Gasteiger partial charge in [0.15, 0.2) is 0 Å². The summed E-state index contributed by atoms with van der Waals surface area (Å²) >= 11 is 0. The van der Waals surface area contributed by atoms with Gasteiger partial charge in [0.2, 0.25) is 0 Å². The molecular formula is C23H28N4O2. The Morgan fingerprint density at radius 3 is 2.52 bits per heavy atom. The fraction of sp³-hybridized carbons (Fsp3) is 0.304. The third kappa shape index (κ3) is 5.10. The van der Waals surface area contributed by atoms with Crippen LogP contribution in [0.4, 0.5) is 0 Å². The van der Waals surface area contributed by atoms with Crippen LogP contribution < -0.4 is 5.32 Å². The Labute approximate surface area is 171 Å². The minimum Gasteiger partial charge on any atom is -0.392 e. The van der Waals surface area contributed by atoms with Crippen LogP contribution in [0, 0.1) is 0 Å². The molecule has 0 aliphatic carbocycles. The molecule has 0 aliphatic heterocycles. The van der Waals surface area contributed by atoms with Gasteiger partial charge in [0.1, 0.15) is 0 Å². The van der Waals surface area contributed by atoms with Crippen molar-refractivity contribution in [1.82, 2.24) is 20.0 Å². The van der Waals surface area contributed by atoms with Gasteiger partial charge in [-0.1, -0.05) is 30.3 Å². The molecule has 1 heterocycles. The van der Waals surface area contributed by atoms with E-state index in [0.717, 1.165) is 34.4 Å². The van der Waals surface area contributed by atoms with Gasteiger partial charge in [-0.05, 0) is 55.4 Å². The number of aryl methyl sites for hydroxylation is 1. The van der Waals surface area contributed by atoms with Gasteiger partial charge >= 0.3 is 0 Å². The first-order valence-corrected chi connectivity index (χ1v) is 9.64. The lowest BCUT2D eigenvalue weighted by Crippen LogP contribution is -2.26. The summed E-state index contributed by atoms with van der Waals surface area (Å²) < 4.78 is 1.72. The van der Waals surface area contributed by atoms with Gasteiger partial charge in [-0.3, -0.25) is 9.48 Å². The van der Waals surface area contributed by atoms with Gasteiger partial charge in [0.05, 0.1) is 18.8 Å². The summed E-state index contributed by atoms with van der Waals surface area (Å²) in [7, 11) is 5.89. The summed E-state index contributed by atoms with van der Waals surface area (Å²) in [5.74, 6) is -0.128. The molecular weight excluding hydrogens is 364 g/mol. The normalized spacial score (nSPS) is 12.2. The van der Waals surface area contributed by atoms with Crippen molar-refractivity contribution in [2.45, 2.75) is 26.1 Å². The van der Waals surface area contributed by atoms with E-state index in [0.29, 0.717) is 5.56 Å². The second kappa shape index (κ2) is 9.03. The molecule has 1 aromatic heterocycles. The largest absolute Gasteiger partial charge is 0.392 e. The lowest BCUT2D eigenvalue weighted by atomic mass is 9.96. The summed E-state index contributed by atoms with van der Waals surface area (Å²) in [6, 6.07) is 13.5. The number of aromatic nitrogens is 2. The predicted octanol–water partition coefficient (Wildman–Crippen LogP) is 3.13. The molecule has 2 aromatic carbocycles. The first-order chi connectivity index (χ1) is 13.9. The van der Waals surface area contributed by atoms with Gasteiger partial charge in [0, 0.05) is 30.9 Å². The number of benzene rings is 2. The number of carbonyl (C=O) groups is 1. The third-order valence-electron chi connectivity index (χ3n) is 4.87. The van der Waals surface area contributed by atoms with Crippen LogP contribution in [0.15, 0.2) is 54.9 Å². The molecule has 152 valence electrons. The van der Waals surface area contributed by atoms with E-state index in [1.807, 2.05) is 70.7 Å². The number of aliphatic hydroxyl groups is 1. The highest BCUT2D eigenvalue weighted by atomic mass is 16.3. The fourth-order valence-electron chi connectivity index (χ4n) is 3.35. The Morgan fingerprint density at radius 2 is 1.93 bits per heavy atom. The van der Waals surface area contributed by atoms with E-state index in [-0.39, 0.29) is 18.6 Å². The van der Waals surface area contributed by atoms with Crippen LogP contribution in [0.25, 0.3) is 11.1 Å². The highest BCUT2D eigenvalue weighted by Crippen LogP contribution is 2.26. The van der Waals surface area contributed by atoms with Crippen molar-refractivity contribution in [3.05, 3.63) is 77.1 Å². The number of hydrogen-bond acceptors (Lipinski definition) is 4. The van der Waals surface area contributed by atoms with Crippen LogP contribution in [0.2, 0.25) is 0 Å². The van der Waals surface area contributed by atoms with E-state index in [1.54, 1.807) is 10.9 Å². The SMILES string of the molecule is CC(NC(=O)c1ccc(-c2ccc(CN(C)C)cc2CO)cc1)c1cnn(C)c1. The van der Waals surface area contributed by atoms with Crippen LogP contribution in [-0.4, -0.2) is 39.8 Å². The van der Waals surface area contributed by atoms with E-state index >= 15 is 0 Å². The van der Waals surface area contributed by atoms with Crippen LogP contribution in [-0.2, 0) is 20.2 Å². The molecule has 29 heavy (non-hydrogen) atoms. The Bertz CT molecular complexity index is 977. The summed E-state index contributed by atoms with van der Waals surface area (Å²) in [6.07, 6.45) is 3.65. The molecule has 2 N–H and O–H groups in total. The number of hydrogen-bond donors (Lipinski definition) is 2. The van der Waals surface area contributed by atoms with Crippen LogP contribution >= 0.6 is 0 Å². The number of carbonyl (C=O) groups excluding carboxylic acids is 1. The standard InChI is InChI=1S/C23H28N4O2/c1-16(21-12-24-27(4)14-21)25-23(29)19-8-6-18(7-9-19)22-10-5-17(13-26(2)3)11-20(22)15-28/h5-12,14,16,28H,13,15H2,1-4H3,(H,25,29). The van der Waals surface area contributed by atoms with Crippen molar-refractivity contribution in [3.63, 3.8) is 0 Å². The average Bonchev–Trinajstić information content (AvgIpc) is 3.14. The van der Waals surface area contributed by atoms with Crippen molar-refractivity contribution < 1.29 is 9.90 Å². The molecule has 1 unspecified atom stereocenters. The molecule has 0 fully saturated rings. The summed E-state index contributed by atoms with van der Waals surface area (Å²) in [6.45, 7) is 2.73. The smallest absolute Gasteiger partial charge is 0.251 e. The average molecular weight is 393 g/mol. The molecule has 6 heteroatoms. The molecule has 0 bridgehead atoms. The predicted molar refractivity (Wildman–Crippen MR) is 114 cm³/mol. The number of nitrogens with one attached hydrogen (secondary N) is 1. The molecule has 1 amide bonds. The molecule has 6 nitrogen and oxygen atoms in total. The molecule has 1 atom stereocenters. The second-order valence-corrected chi connectivity index (χ2v) is 7.61. The van der Waals surface area contributed by atoms with Crippen LogP contribution in [0.1, 0.15) is 40.0 Å². The van der Waals surface area contributed by atoms with Gasteiger partial charge in [-0.25, -0.2) is 0 Å². The number of aliphatic hydroxyl groups excluding tert-OH is 1. The van der Waals surface area contributed by atoms with E-state index in [2.05, 4.69) is 21.4 Å². The Balaban J connectivity index is 1.75. The number of nitrogens with zero attached hydrogens (tertiary/aromatic N) is 3. The second-order valence-electron chi connectivity index (χ2n) is 7.61. The van der Waals surface area contributed by atoms with E-state index in [1.165, 1.54) is 0 Å². The molecule has 0 saturated heterocycles. The van der Waals surface area contributed by atoms with Gasteiger partial charge in [-0.15, -0.1) is 0 Å². The maximum atomic E-state index is 12.6. The van der Waals surface area contributed by atoms with Gasteiger partial charge < -0.3 is 15.3 Å². The summed E-state index contributed by atoms with van der Waals surface area (Å²) in [5.41, 5.74) is 5.55. The van der Waals surface area contributed by atoms with Crippen molar-refractivity contribution in [2.75, 3.05) is 14.1 Å². The first kappa shape index (κ1) is 20.8. The Kier molecular flexibility index (Phi) is 6.46. The van der Waals surface area contributed by atoms with E-state index < -0.39 is 0 Å². The molecule has 0 aliphatic rings. The minimum absolute atomic E-state index is 0.0263. The molecule has 3 rings (SSSR count). The van der Waals surface area contributed by atoms with Gasteiger partial charge in [0.25, 0.3) is 5.91 Å². The van der Waals surface area contributed by atoms with Crippen molar-refractivity contribution in [3.8, 4) is 11.1 Å². The quantitative estimate of drug-likeness (QED) is 0.648. The lowest BCUT2D eigenvalue weighted by Gasteiger charge is -2.15. The highest BCUT2D eigenvalue weighted by molar-refractivity contribution is 5.95. The Hall–Kier alpha value is -2.96. The maximum absolute atomic E-state index is 12.6. The molecule has 3 aromatic rings. The summed E-state index contributed by atoms with van der Waals surface area (Å²) in [5, 5.41) is 16.9. The van der Waals surface area contributed by atoms with Crippen molar-refractivity contribution >= 4 is 5.91 Å². The fourth-order valence-corrected chi connectivity index (χ4v) is 3.35. The number of rotatable bonds is 7. The third-order valence-corrected chi connectivity index (χ3v) is 4.87. The van der Waals surface area contributed by atoms with Crippen LogP contribution in [0.3, 0.4) is 0 Å².